The van der Waals surface area contributed by atoms with Crippen molar-refractivity contribution < 1.29 is 13.6 Å². The molecule has 7 heteroatoms. The van der Waals surface area contributed by atoms with Gasteiger partial charge in [-0.25, -0.2) is 13.5 Å². The predicted molar refractivity (Wildman–Crippen MR) is 93.4 cm³/mol. The van der Waals surface area contributed by atoms with Crippen LogP contribution in [0.2, 0.25) is 0 Å². The van der Waals surface area contributed by atoms with E-state index in [9.17, 15) is 13.6 Å². The second-order valence-electron chi connectivity index (χ2n) is 6.64. The van der Waals surface area contributed by atoms with Gasteiger partial charge in [0, 0.05) is 30.4 Å². The molecule has 0 bridgehead atoms. The van der Waals surface area contributed by atoms with Crippen LogP contribution >= 0.6 is 0 Å². The van der Waals surface area contributed by atoms with Crippen LogP contribution in [0.5, 0.6) is 0 Å². The number of fused-ring (bicyclic) bond motifs is 1. The van der Waals surface area contributed by atoms with E-state index in [1.165, 1.54) is 11.6 Å². The third-order valence-electron chi connectivity index (χ3n) is 4.93. The van der Waals surface area contributed by atoms with Gasteiger partial charge in [0.05, 0.1) is 5.69 Å². The summed E-state index contributed by atoms with van der Waals surface area (Å²) in [6.07, 6.45) is 5.48. The van der Waals surface area contributed by atoms with Crippen LogP contribution in [0.3, 0.4) is 0 Å². The predicted octanol–water partition coefficient (Wildman–Crippen LogP) is 2.29. The molecule has 1 aliphatic carbocycles. The van der Waals surface area contributed by atoms with E-state index < -0.39 is 11.6 Å². The van der Waals surface area contributed by atoms with E-state index in [0.29, 0.717) is 17.9 Å². The van der Waals surface area contributed by atoms with Crippen LogP contribution in [0.25, 0.3) is 5.69 Å². The van der Waals surface area contributed by atoms with Crippen LogP contribution in [0.4, 0.5) is 8.78 Å². The molecule has 2 heterocycles. The van der Waals surface area contributed by atoms with Gasteiger partial charge in [0.1, 0.15) is 0 Å². The smallest absolute Gasteiger partial charge is 0.272 e. The van der Waals surface area contributed by atoms with Gasteiger partial charge in [-0.3, -0.25) is 4.79 Å². The summed E-state index contributed by atoms with van der Waals surface area (Å²) in [6, 6.07) is 3.67. The molecule has 2 N–H and O–H groups in total. The lowest BCUT2D eigenvalue weighted by molar-refractivity contribution is 0.0950. The number of nitrogens with one attached hydrogen (secondary N) is 2. The highest BCUT2D eigenvalue weighted by molar-refractivity contribution is 5.94. The van der Waals surface area contributed by atoms with Gasteiger partial charge in [0.25, 0.3) is 5.91 Å². The molecule has 1 amide bonds. The molecule has 0 atom stereocenters. The average Bonchev–Trinajstić information content (AvgIpc) is 3.25. The van der Waals surface area contributed by atoms with Crippen LogP contribution < -0.4 is 10.6 Å². The Morgan fingerprint density at radius 1 is 1.23 bits per heavy atom. The lowest BCUT2D eigenvalue weighted by atomic mass is 10.1. The minimum Gasteiger partial charge on any atom is -0.347 e. The van der Waals surface area contributed by atoms with E-state index in [1.807, 2.05) is 0 Å². The maximum absolute atomic E-state index is 13.6. The monoisotopic (exact) mass is 358 g/mol. The number of halogens is 2. The number of benzene rings is 1. The van der Waals surface area contributed by atoms with Gasteiger partial charge in [-0.05, 0) is 44.4 Å². The van der Waals surface area contributed by atoms with E-state index in [2.05, 4.69) is 21.8 Å². The summed E-state index contributed by atoms with van der Waals surface area (Å²) in [7, 11) is 0. The Kier molecular flexibility index (Phi) is 4.55. The zero-order chi connectivity index (χ0) is 18.1. The average molecular weight is 358 g/mol. The summed E-state index contributed by atoms with van der Waals surface area (Å²) in [6.45, 7) is 2.25. The van der Waals surface area contributed by atoms with Crippen LogP contribution in [0.15, 0.2) is 29.8 Å². The van der Waals surface area contributed by atoms with Crippen molar-refractivity contribution in [3.8, 4) is 5.69 Å². The minimum atomic E-state index is -0.923. The molecule has 1 aliphatic heterocycles. The number of nitrogens with zero attached hydrogens (tertiary/aromatic N) is 2. The fourth-order valence-corrected chi connectivity index (χ4v) is 3.56. The molecule has 1 aromatic carbocycles. The first kappa shape index (κ1) is 16.9. The summed E-state index contributed by atoms with van der Waals surface area (Å²) < 4.78 is 28.4. The van der Waals surface area contributed by atoms with Crippen molar-refractivity contribution in [2.24, 2.45) is 0 Å². The van der Waals surface area contributed by atoms with Gasteiger partial charge < -0.3 is 10.6 Å². The Labute approximate surface area is 150 Å². The minimum absolute atomic E-state index is 0.219. The quantitative estimate of drug-likeness (QED) is 0.825. The molecule has 5 nitrogen and oxygen atoms in total. The number of carbonyl (C=O) groups excluding carboxylic acids is 1. The standard InChI is InChI=1S/C19H20F2N4O/c20-15-5-4-13(10-16(15)21)25-17-3-1-2-14(17)18(24-25)19(26)23-11-12-6-8-22-9-7-12/h4-6,10,22H,1-3,7-9,11H2,(H,23,26). The van der Waals surface area contributed by atoms with Gasteiger partial charge in [0.15, 0.2) is 17.3 Å². The number of hydrogen-bond acceptors (Lipinski definition) is 3. The molecular formula is C19H20F2N4O. The lowest BCUT2D eigenvalue weighted by Gasteiger charge is -2.14. The summed E-state index contributed by atoms with van der Waals surface area (Å²) in [5, 5.41) is 10.6. The molecule has 0 radical (unpaired) electrons. The maximum atomic E-state index is 13.6. The topological polar surface area (TPSA) is 59.0 Å². The highest BCUT2D eigenvalue weighted by Gasteiger charge is 2.27. The molecular weight excluding hydrogens is 338 g/mol. The Hall–Kier alpha value is -2.54. The second-order valence-corrected chi connectivity index (χ2v) is 6.64. The van der Waals surface area contributed by atoms with Crippen molar-refractivity contribution in [1.29, 1.82) is 0 Å². The number of hydrogen-bond donors (Lipinski definition) is 2. The third-order valence-corrected chi connectivity index (χ3v) is 4.93. The molecule has 4 rings (SSSR count). The van der Waals surface area contributed by atoms with Crippen LogP contribution in [-0.2, 0) is 12.8 Å². The number of carbonyl (C=O) groups is 1. The molecule has 26 heavy (non-hydrogen) atoms. The Morgan fingerprint density at radius 3 is 2.88 bits per heavy atom. The first-order valence-corrected chi connectivity index (χ1v) is 8.86. The molecule has 136 valence electrons. The van der Waals surface area contributed by atoms with Gasteiger partial charge in [0.2, 0.25) is 0 Å². The van der Waals surface area contributed by atoms with Crippen molar-refractivity contribution in [2.45, 2.75) is 25.7 Å². The highest BCUT2D eigenvalue weighted by atomic mass is 19.2. The molecule has 2 aliphatic rings. The maximum Gasteiger partial charge on any atom is 0.272 e. The first-order valence-electron chi connectivity index (χ1n) is 8.86. The van der Waals surface area contributed by atoms with Crippen molar-refractivity contribution in [3.63, 3.8) is 0 Å². The van der Waals surface area contributed by atoms with Gasteiger partial charge in [-0.1, -0.05) is 11.6 Å². The van der Waals surface area contributed by atoms with Crippen LogP contribution in [0.1, 0.15) is 34.6 Å². The first-order chi connectivity index (χ1) is 12.6. The lowest BCUT2D eigenvalue weighted by Crippen LogP contribution is -2.30. The number of rotatable bonds is 4. The fourth-order valence-electron chi connectivity index (χ4n) is 3.56. The van der Waals surface area contributed by atoms with E-state index in [-0.39, 0.29) is 5.91 Å². The molecule has 0 saturated heterocycles. The van der Waals surface area contributed by atoms with Crippen molar-refractivity contribution in [3.05, 3.63) is 58.4 Å². The molecule has 0 fully saturated rings. The zero-order valence-corrected chi connectivity index (χ0v) is 14.3. The number of aromatic nitrogens is 2. The highest BCUT2D eigenvalue weighted by Crippen LogP contribution is 2.28. The summed E-state index contributed by atoms with van der Waals surface area (Å²) in [4.78, 5) is 12.6. The summed E-state index contributed by atoms with van der Waals surface area (Å²) in [5.41, 5.74) is 3.83. The van der Waals surface area contributed by atoms with Gasteiger partial charge in [-0.2, -0.15) is 5.10 Å². The molecule has 0 unspecified atom stereocenters. The Morgan fingerprint density at radius 2 is 2.12 bits per heavy atom. The van der Waals surface area contributed by atoms with E-state index in [4.69, 9.17) is 0 Å². The Balaban J connectivity index is 1.60. The fraction of sp³-hybridized carbons (Fsp3) is 0.368. The second kappa shape index (κ2) is 6.99. The largest absolute Gasteiger partial charge is 0.347 e. The zero-order valence-electron chi connectivity index (χ0n) is 14.3. The van der Waals surface area contributed by atoms with E-state index >= 15 is 0 Å². The Bertz CT molecular complexity index is 888. The van der Waals surface area contributed by atoms with Crippen LogP contribution in [0, 0.1) is 11.6 Å². The van der Waals surface area contributed by atoms with Gasteiger partial charge >= 0.3 is 0 Å². The van der Waals surface area contributed by atoms with E-state index in [1.54, 1.807) is 4.68 Å². The number of amides is 1. The SMILES string of the molecule is O=C(NCC1=CCNCC1)c1nn(-c2ccc(F)c(F)c2)c2c1CCC2. The molecule has 0 saturated carbocycles. The van der Waals surface area contributed by atoms with Crippen molar-refractivity contribution >= 4 is 5.91 Å². The van der Waals surface area contributed by atoms with Gasteiger partial charge in [-0.15, -0.1) is 0 Å². The summed E-state index contributed by atoms with van der Waals surface area (Å²) in [5.74, 6) is -2.04. The third kappa shape index (κ3) is 3.14. The van der Waals surface area contributed by atoms with Crippen molar-refractivity contribution in [2.75, 3.05) is 19.6 Å². The normalized spacial score (nSPS) is 16.3. The molecule has 1 aromatic heterocycles. The summed E-state index contributed by atoms with van der Waals surface area (Å²) >= 11 is 0. The van der Waals surface area contributed by atoms with E-state index in [0.717, 1.165) is 62.2 Å². The molecule has 2 aromatic rings. The van der Waals surface area contributed by atoms with Crippen LogP contribution in [-0.4, -0.2) is 35.3 Å². The van der Waals surface area contributed by atoms with Crippen molar-refractivity contribution in [1.82, 2.24) is 20.4 Å². The molecule has 0 spiro atoms.